The molecule has 8 nitrogen and oxygen atoms in total. The summed E-state index contributed by atoms with van der Waals surface area (Å²) in [7, 11) is 0. The van der Waals surface area contributed by atoms with Crippen LogP contribution in [0, 0.1) is 5.92 Å². The Hall–Kier alpha value is -2.38. The fraction of sp³-hybridized carbons (Fsp3) is 0.625. The second-order valence-electron chi connectivity index (χ2n) is 6.45. The van der Waals surface area contributed by atoms with E-state index in [2.05, 4.69) is 4.98 Å². The first-order chi connectivity index (χ1) is 11.5. The Balaban J connectivity index is 1.60. The molecule has 2 amide bonds. The number of piperidine rings is 2. The monoisotopic (exact) mass is 334 g/mol. The summed E-state index contributed by atoms with van der Waals surface area (Å²) in [6.07, 6.45) is 4.56. The van der Waals surface area contributed by atoms with Crippen molar-refractivity contribution in [3.63, 3.8) is 0 Å². The van der Waals surface area contributed by atoms with Crippen molar-refractivity contribution in [1.82, 2.24) is 19.8 Å². The lowest BCUT2D eigenvalue weighted by Gasteiger charge is -2.35. The second-order valence-corrected chi connectivity index (χ2v) is 6.45. The first-order valence-corrected chi connectivity index (χ1v) is 8.46. The summed E-state index contributed by atoms with van der Waals surface area (Å²) in [6, 6.07) is 1.09. The molecule has 3 heterocycles. The van der Waals surface area contributed by atoms with Gasteiger partial charge in [0.2, 0.25) is 5.91 Å². The predicted octanol–water partition coefficient (Wildman–Crippen LogP) is -0.0721. The van der Waals surface area contributed by atoms with Gasteiger partial charge >= 0.3 is 5.69 Å². The molecule has 0 bridgehead atoms. The van der Waals surface area contributed by atoms with Crippen molar-refractivity contribution in [1.29, 1.82) is 0 Å². The molecule has 0 saturated carbocycles. The van der Waals surface area contributed by atoms with Gasteiger partial charge in [0.1, 0.15) is 5.69 Å². The number of H-pyrrole nitrogens is 2. The van der Waals surface area contributed by atoms with E-state index < -0.39 is 11.2 Å². The van der Waals surface area contributed by atoms with Crippen molar-refractivity contribution < 1.29 is 9.59 Å². The summed E-state index contributed by atoms with van der Waals surface area (Å²) in [4.78, 5) is 55.4. The third kappa shape index (κ3) is 3.58. The largest absolute Gasteiger partial charge is 0.342 e. The number of hydrogen-bond acceptors (Lipinski definition) is 4. The Morgan fingerprint density at radius 1 is 0.917 bits per heavy atom. The minimum atomic E-state index is -0.694. The van der Waals surface area contributed by atoms with Crippen LogP contribution in [0.25, 0.3) is 0 Å². The number of hydrogen-bond donors (Lipinski definition) is 2. The molecule has 2 fully saturated rings. The lowest BCUT2D eigenvalue weighted by molar-refractivity contribution is -0.137. The molecular formula is C16H22N4O4. The molecule has 0 spiro atoms. The molecule has 3 rings (SSSR count). The van der Waals surface area contributed by atoms with Gasteiger partial charge in [-0.05, 0) is 32.1 Å². The van der Waals surface area contributed by atoms with Gasteiger partial charge in [-0.3, -0.25) is 19.4 Å². The molecule has 2 N–H and O–H groups in total. The highest BCUT2D eigenvalue weighted by Crippen LogP contribution is 2.22. The van der Waals surface area contributed by atoms with Crippen molar-refractivity contribution in [2.24, 2.45) is 5.92 Å². The Morgan fingerprint density at radius 2 is 1.58 bits per heavy atom. The van der Waals surface area contributed by atoms with Crippen LogP contribution in [0.5, 0.6) is 0 Å². The van der Waals surface area contributed by atoms with Crippen LogP contribution in [0.1, 0.15) is 42.6 Å². The zero-order chi connectivity index (χ0) is 17.1. The first kappa shape index (κ1) is 16.5. The highest BCUT2D eigenvalue weighted by Gasteiger charge is 2.31. The fourth-order valence-corrected chi connectivity index (χ4v) is 3.46. The van der Waals surface area contributed by atoms with Gasteiger partial charge < -0.3 is 14.8 Å². The topological polar surface area (TPSA) is 106 Å². The summed E-state index contributed by atoms with van der Waals surface area (Å²) < 4.78 is 0. The summed E-state index contributed by atoms with van der Waals surface area (Å²) >= 11 is 0. The van der Waals surface area contributed by atoms with Crippen LogP contribution in [-0.4, -0.2) is 57.8 Å². The number of nitrogens with one attached hydrogen (secondary N) is 2. The minimum Gasteiger partial charge on any atom is -0.342 e. The van der Waals surface area contributed by atoms with Crippen LogP contribution >= 0.6 is 0 Å². The van der Waals surface area contributed by atoms with Crippen LogP contribution in [0.4, 0.5) is 0 Å². The van der Waals surface area contributed by atoms with Crippen LogP contribution in [0.15, 0.2) is 15.7 Å². The number of rotatable bonds is 2. The number of likely N-dealkylation sites (tertiary alicyclic amines) is 2. The van der Waals surface area contributed by atoms with E-state index in [1.54, 1.807) is 4.90 Å². The van der Waals surface area contributed by atoms with Gasteiger partial charge in [-0.15, -0.1) is 0 Å². The third-order valence-corrected chi connectivity index (χ3v) is 4.79. The average molecular weight is 334 g/mol. The lowest BCUT2D eigenvalue weighted by Crippen LogP contribution is -2.46. The van der Waals surface area contributed by atoms with Crippen molar-refractivity contribution in [3.05, 3.63) is 32.6 Å². The van der Waals surface area contributed by atoms with E-state index in [0.717, 1.165) is 32.0 Å². The molecule has 0 aliphatic carbocycles. The Bertz CT molecular complexity index is 696. The van der Waals surface area contributed by atoms with Crippen molar-refractivity contribution in [2.45, 2.75) is 32.1 Å². The maximum Gasteiger partial charge on any atom is 0.326 e. The average Bonchev–Trinajstić information content (AvgIpc) is 2.60. The van der Waals surface area contributed by atoms with Gasteiger partial charge in [0.25, 0.3) is 11.5 Å². The molecule has 0 unspecified atom stereocenters. The van der Waals surface area contributed by atoms with Crippen molar-refractivity contribution in [2.75, 3.05) is 26.2 Å². The summed E-state index contributed by atoms with van der Waals surface area (Å²) in [5.41, 5.74) is -1.30. The quantitative estimate of drug-likeness (QED) is 0.789. The van der Waals surface area contributed by atoms with E-state index in [4.69, 9.17) is 0 Å². The number of aromatic amines is 2. The van der Waals surface area contributed by atoms with Crippen LogP contribution in [0.2, 0.25) is 0 Å². The van der Waals surface area contributed by atoms with E-state index in [1.165, 1.54) is 6.42 Å². The zero-order valence-corrected chi connectivity index (χ0v) is 13.5. The number of carbonyl (C=O) groups is 2. The molecule has 2 aliphatic heterocycles. The number of nitrogens with zero attached hydrogens (tertiary/aromatic N) is 2. The predicted molar refractivity (Wildman–Crippen MR) is 86.7 cm³/mol. The molecule has 1 aromatic rings. The van der Waals surface area contributed by atoms with E-state index in [1.807, 2.05) is 9.88 Å². The van der Waals surface area contributed by atoms with E-state index in [9.17, 15) is 19.2 Å². The number of aromatic nitrogens is 2. The maximum atomic E-state index is 12.5. The van der Waals surface area contributed by atoms with Gasteiger partial charge in [0.05, 0.1) is 0 Å². The summed E-state index contributed by atoms with van der Waals surface area (Å²) in [5, 5.41) is 0. The maximum absolute atomic E-state index is 12.5. The standard InChI is InChI=1S/C16H22N4O4/c21-13-10-12(17-16(24)18-13)15(23)20-8-4-11(5-9-20)14(22)19-6-2-1-3-7-19/h10-11H,1-9H2,(H2,17,18,21,24). The highest BCUT2D eigenvalue weighted by atomic mass is 16.2. The minimum absolute atomic E-state index is 0.00967. The highest BCUT2D eigenvalue weighted by molar-refractivity contribution is 5.92. The number of amides is 2. The smallest absolute Gasteiger partial charge is 0.326 e. The SMILES string of the molecule is O=C(c1cc(=O)[nH]c(=O)[nH]1)N1CCC(C(=O)N2CCCCC2)CC1. The first-order valence-electron chi connectivity index (χ1n) is 8.46. The molecule has 2 saturated heterocycles. The van der Waals surface area contributed by atoms with Gasteiger partial charge in [0, 0.05) is 38.2 Å². The molecule has 8 heteroatoms. The van der Waals surface area contributed by atoms with Crippen LogP contribution in [0.3, 0.4) is 0 Å². The molecule has 0 aromatic carbocycles. The summed E-state index contributed by atoms with van der Waals surface area (Å²) in [6.45, 7) is 2.59. The molecule has 2 aliphatic rings. The molecular weight excluding hydrogens is 312 g/mol. The lowest BCUT2D eigenvalue weighted by atomic mass is 9.94. The van der Waals surface area contributed by atoms with Crippen LogP contribution in [-0.2, 0) is 4.79 Å². The molecule has 130 valence electrons. The normalized spacial score (nSPS) is 19.3. The molecule has 1 aromatic heterocycles. The van der Waals surface area contributed by atoms with E-state index >= 15 is 0 Å². The van der Waals surface area contributed by atoms with Gasteiger partial charge in [-0.25, -0.2) is 4.79 Å². The van der Waals surface area contributed by atoms with E-state index in [-0.39, 0.29) is 23.4 Å². The van der Waals surface area contributed by atoms with Gasteiger partial charge in [-0.2, -0.15) is 0 Å². The Labute approximate surface area is 138 Å². The zero-order valence-electron chi connectivity index (χ0n) is 13.5. The van der Waals surface area contributed by atoms with Gasteiger partial charge in [-0.1, -0.05) is 0 Å². The van der Waals surface area contributed by atoms with Crippen molar-refractivity contribution in [3.8, 4) is 0 Å². The molecule has 0 radical (unpaired) electrons. The van der Waals surface area contributed by atoms with E-state index in [0.29, 0.717) is 25.9 Å². The number of carbonyl (C=O) groups excluding carboxylic acids is 2. The second kappa shape index (κ2) is 7.02. The Morgan fingerprint density at radius 3 is 2.21 bits per heavy atom. The molecule has 24 heavy (non-hydrogen) atoms. The Kier molecular flexibility index (Phi) is 4.82. The third-order valence-electron chi connectivity index (χ3n) is 4.79. The van der Waals surface area contributed by atoms with Crippen molar-refractivity contribution >= 4 is 11.8 Å². The van der Waals surface area contributed by atoms with Crippen LogP contribution < -0.4 is 11.2 Å². The van der Waals surface area contributed by atoms with Gasteiger partial charge in [0.15, 0.2) is 0 Å². The summed E-state index contributed by atoms with van der Waals surface area (Å²) in [5.74, 6) is -0.209. The fourth-order valence-electron chi connectivity index (χ4n) is 3.46. The molecule has 0 atom stereocenters.